The van der Waals surface area contributed by atoms with E-state index in [0.717, 1.165) is 49.8 Å². The molecule has 1 N–H and O–H groups in total. The average molecular weight is 346 g/mol. The Hall–Kier alpha value is -2.08. The second kappa shape index (κ2) is 6.43. The van der Waals surface area contributed by atoms with Crippen molar-refractivity contribution in [2.75, 3.05) is 18.0 Å². The number of carbonyl (C=O) groups is 1. The van der Waals surface area contributed by atoms with Crippen molar-refractivity contribution in [3.05, 3.63) is 40.4 Å². The van der Waals surface area contributed by atoms with Crippen LogP contribution in [0.5, 0.6) is 0 Å². The Kier molecular flexibility index (Phi) is 4.14. The normalized spacial score (nSPS) is 16.5. The molecule has 0 atom stereocenters. The van der Waals surface area contributed by atoms with Gasteiger partial charge in [-0.15, -0.1) is 10.2 Å². The van der Waals surface area contributed by atoms with Crippen LogP contribution in [0.1, 0.15) is 41.3 Å². The molecular weight excluding hydrogens is 326 g/mol. The number of anilines is 1. The second-order valence-electron chi connectivity index (χ2n) is 6.33. The third kappa shape index (κ3) is 2.86. The van der Waals surface area contributed by atoms with Crippen LogP contribution in [0.2, 0.25) is 5.02 Å². The maximum Gasteiger partial charge on any atom is 0.251 e. The van der Waals surface area contributed by atoms with Crippen LogP contribution in [0.3, 0.4) is 0 Å². The van der Waals surface area contributed by atoms with Crippen LogP contribution in [0.25, 0.3) is 0 Å². The number of carbonyl (C=O) groups excluding carboxylic acids is 1. The smallest absolute Gasteiger partial charge is 0.251 e. The van der Waals surface area contributed by atoms with Crippen LogP contribution < -0.4 is 10.2 Å². The van der Waals surface area contributed by atoms with E-state index >= 15 is 0 Å². The summed E-state index contributed by atoms with van der Waals surface area (Å²) in [5.41, 5.74) is 1.59. The van der Waals surface area contributed by atoms with Crippen LogP contribution in [0, 0.1) is 0 Å². The van der Waals surface area contributed by atoms with Gasteiger partial charge in [0.25, 0.3) is 5.91 Å². The number of nitrogens with one attached hydrogen (secondary N) is 1. The van der Waals surface area contributed by atoms with Crippen molar-refractivity contribution in [1.29, 1.82) is 0 Å². The molecule has 3 heterocycles. The number of aryl methyl sites for hydroxylation is 1. The van der Waals surface area contributed by atoms with E-state index in [4.69, 9.17) is 11.6 Å². The predicted molar refractivity (Wildman–Crippen MR) is 92.4 cm³/mol. The predicted octanol–water partition coefficient (Wildman–Crippen LogP) is 2.41. The Labute approximate surface area is 145 Å². The largest absolute Gasteiger partial charge is 0.370 e. The fourth-order valence-electron chi connectivity index (χ4n) is 3.47. The van der Waals surface area contributed by atoms with Crippen LogP contribution in [-0.2, 0) is 19.5 Å². The zero-order valence-corrected chi connectivity index (χ0v) is 14.2. The molecule has 1 fully saturated rings. The summed E-state index contributed by atoms with van der Waals surface area (Å²) in [4.78, 5) is 14.7. The molecule has 2 aliphatic heterocycles. The van der Waals surface area contributed by atoms with Gasteiger partial charge in [-0.2, -0.15) is 0 Å². The Morgan fingerprint density at radius 1 is 1.17 bits per heavy atom. The highest BCUT2D eigenvalue weighted by Crippen LogP contribution is 2.29. The van der Waals surface area contributed by atoms with E-state index in [0.29, 0.717) is 17.1 Å². The van der Waals surface area contributed by atoms with E-state index in [2.05, 4.69) is 25.0 Å². The summed E-state index contributed by atoms with van der Waals surface area (Å²) in [6.45, 7) is 3.38. The van der Waals surface area contributed by atoms with Crippen molar-refractivity contribution in [1.82, 2.24) is 20.1 Å². The Morgan fingerprint density at radius 2 is 2.00 bits per heavy atom. The lowest BCUT2D eigenvalue weighted by Crippen LogP contribution is -2.25. The minimum Gasteiger partial charge on any atom is -0.370 e. The first-order valence-corrected chi connectivity index (χ1v) is 8.84. The molecule has 1 amide bonds. The monoisotopic (exact) mass is 345 g/mol. The van der Waals surface area contributed by atoms with Gasteiger partial charge < -0.3 is 14.8 Å². The molecule has 0 spiro atoms. The summed E-state index contributed by atoms with van der Waals surface area (Å²) in [6.07, 6.45) is 4.45. The van der Waals surface area contributed by atoms with Gasteiger partial charge >= 0.3 is 0 Å². The van der Waals surface area contributed by atoms with Crippen LogP contribution >= 0.6 is 11.6 Å². The van der Waals surface area contributed by atoms with Crippen LogP contribution in [0.15, 0.2) is 18.2 Å². The number of hydrogen-bond acceptors (Lipinski definition) is 4. The van der Waals surface area contributed by atoms with E-state index < -0.39 is 0 Å². The van der Waals surface area contributed by atoms with Gasteiger partial charge in [0, 0.05) is 31.6 Å². The fourth-order valence-corrected chi connectivity index (χ4v) is 3.77. The molecule has 0 saturated carbocycles. The maximum atomic E-state index is 12.4. The van der Waals surface area contributed by atoms with Crippen molar-refractivity contribution in [3.63, 3.8) is 0 Å². The van der Waals surface area contributed by atoms with Crippen molar-refractivity contribution >= 4 is 23.2 Å². The van der Waals surface area contributed by atoms with Gasteiger partial charge in [-0.25, -0.2) is 0 Å². The van der Waals surface area contributed by atoms with Crippen molar-refractivity contribution < 1.29 is 4.79 Å². The van der Waals surface area contributed by atoms with Gasteiger partial charge in [0.15, 0.2) is 5.82 Å². The van der Waals surface area contributed by atoms with E-state index in [1.807, 2.05) is 12.1 Å². The lowest BCUT2D eigenvalue weighted by molar-refractivity contribution is 0.0949. The summed E-state index contributed by atoms with van der Waals surface area (Å²) in [5, 5.41) is 11.9. The second-order valence-corrected chi connectivity index (χ2v) is 6.74. The third-order valence-corrected chi connectivity index (χ3v) is 5.05. The van der Waals surface area contributed by atoms with Crippen LogP contribution in [0.4, 0.5) is 5.69 Å². The molecule has 2 aromatic rings. The highest BCUT2D eigenvalue weighted by atomic mass is 35.5. The van der Waals surface area contributed by atoms with Crippen molar-refractivity contribution in [2.45, 2.75) is 38.8 Å². The third-order valence-electron chi connectivity index (χ3n) is 4.75. The van der Waals surface area contributed by atoms with Gasteiger partial charge in [-0.05, 0) is 37.5 Å². The van der Waals surface area contributed by atoms with Gasteiger partial charge in [-0.3, -0.25) is 4.79 Å². The number of amides is 1. The Morgan fingerprint density at radius 3 is 2.79 bits per heavy atom. The molecule has 2 aliphatic rings. The summed E-state index contributed by atoms with van der Waals surface area (Å²) >= 11 is 6.38. The lowest BCUT2D eigenvalue weighted by Gasteiger charge is -2.19. The quantitative estimate of drug-likeness (QED) is 0.924. The zero-order valence-electron chi connectivity index (χ0n) is 13.5. The van der Waals surface area contributed by atoms with Crippen molar-refractivity contribution in [2.24, 2.45) is 0 Å². The number of halogens is 1. The summed E-state index contributed by atoms with van der Waals surface area (Å²) < 4.78 is 2.09. The molecule has 24 heavy (non-hydrogen) atoms. The number of benzene rings is 1. The van der Waals surface area contributed by atoms with Crippen molar-refractivity contribution in [3.8, 4) is 0 Å². The van der Waals surface area contributed by atoms with E-state index in [1.54, 1.807) is 6.07 Å². The van der Waals surface area contributed by atoms with E-state index in [-0.39, 0.29) is 5.91 Å². The molecular formula is C17H20ClN5O. The van der Waals surface area contributed by atoms with Crippen LogP contribution in [-0.4, -0.2) is 33.8 Å². The molecule has 0 radical (unpaired) electrons. The summed E-state index contributed by atoms with van der Waals surface area (Å²) in [7, 11) is 0. The number of nitrogens with zero attached hydrogens (tertiary/aromatic N) is 4. The van der Waals surface area contributed by atoms with E-state index in [9.17, 15) is 4.79 Å². The fraction of sp³-hybridized carbons (Fsp3) is 0.471. The first kappa shape index (κ1) is 15.4. The highest BCUT2D eigenvalue weighted by molar-refractivity contribution is 6.33. The maximum absolute atomic E-state index is 12.4. The van der Waals surface area contributed by atoms with E-state index in [1.165, 1.54) is 12.8 Å². The first-order chi connectivity index (χ1) is 11.7. The van der Waals surface area contributed by atoms with Gasteiger partial charge in [0.05, 0.1) is 17.3 Å². The molecule has 7 heteroatoms. The van der Waals surface area contributed by atoms with Gasteiger partial charge in [0.1, 0.15) is 5.82 Å². The number of aromatic nitrogens is 3. The SMILES string of the molecule is O=C(NCc1nnc2n1CCC2)c1ccc(N2CCCC2)c(Cl)c1. The Bertz CT molecular complexity index is 766. The highest BCUT2D eigenvalue weighted by Gasteiger charge is 2.19. The Balaban J connectivity index is 1.43. The number of fused-ring (bicyclic) bond motifs is 1. The molecule has 1 saturated heterocycles. The average Bonchev–Trinajstić information content (AvgIpc) is 3.30. The molecule has 1 aromatic heterocycles. The first-order valence-electron chi connectivity index (χ1n) is 8.46. The lowest BCUT2D eigenvalue weighted by atomic mass is 10.2. The minimum atomic E-state index is -0.139. The summed E-state index contributed by atoms with van der Waals surface area (Å²) in [5.74, 6) is 1.69. The standard InChI is InChI=1S/C17H20ClN5O/c18-13-10-12(5-6-14(13)22-7-1-2-8-22)17(24)19-11-16-21-20-15-4-3-9-23(15)16/h5-6,10H,1-4,7-9,11H2,(H,19,24). The minimum absolute atomic E-state index is 0.139. The molecule has 4 rings (SSSR count). The number of rotatable bonds is 4. The molecule has 6 nitrogen and oxygen atoms in total. The molecule has 126 valence electrons. The van der Waals surface area contributed by atoms with Gasteiger partial charge in [-0.1, -0.05) is 11.6 Å². The molecule has 0 unspecified atom stereocenters. The number of hydrogen-bond donors (Lipinski definition) is 1. The zero-order chi connectivity index (χ0) is 16.5. The van der Waals surface area contributed by atoms with Gasteiger partial charge in [0.2, 0.25) is 0 Å². The topological polar surface area (TPSA) is 63.1 Å². The molecule has 1 aromatic carbocycles. The molecule has 0 bridgehead atoms. The summed E-state index contributed by atoms with van der Waals surface area (Å²) in [6, 6.07) is 5.53. The molecule has 0 aliphatic carbocycles.